The predicted molar refractivity (Wildman–Crippen MR) is 83.2 cm³/mol. The van der Waals surface area contributed by atoms with Crippen LogP contribution in [-0.4, -0.2) is 24.9 Å². The summed E-state index contributed by atoms with van der Waals surface area (Å²) in [4.78, 5) is 11.9. The molecule has 106 valence electrons. The maximum Gasteiger partial charge on any atom is 0.306 e. The van der Waals surface area contributed by atoms with Gasteiger partial charge in [0, 0.05) is 10.6 Å². The van der Waals surface area contributed by atoms with Gasteiger partial charge in [0.25, 0.3) is 5.91 Å². The summed E-state index contributed by atoms with van der Waals surface area (Å²) < 4.78 is 27.6. The highest BCUT2D eigenvalue weighted by Gasteiger charge is 2.23. The molecule has 0 aromatic heterocycles. The summed E-state index contributed by atoms with van der Waals surface area (Å²) in [7, 11) is -3.68. The molecule has 0 radical (unpaired) electrons. The first kappa shape index (κ1) is 15.3. The van der Waals surface area contributed by atoms with E-state index in [-0.39, 0.29) is 11.7 Å². The first-order valence-corrected chi connectivity index (χ1v) is 8.60. The minimum absolute atomic E-state index is 0.0932. The molecule has 1 saturated heterocycles. The second-order valence-electron chi connectivity index (χ2n) is 3.82. The van der Waals surface area contributed by atoms with Gasteiger partial charge in [-0.3, -0.25) is 4.79 Å². The number of thiocarbonyl (C=S) groups is 1. The van der Waals surface area contributed by atoms with E-state index in [1.54, 1.807) is 0 Å². The summed E-state index contributed by atoms with van der Waals surface area (Å²) in [6.07, 6.45) is 2.41. The molecular weight excluding hydrogens is 342 g/mol. The molecular formula is C11H8ClNO4S3. The number of hydrogen-bond donors (Lipinski definition) is 1. The van der Waals surface area contributed by atoms with Gasteiger partial charge in [-0.05, 0) is 24.3 Å². The van der Waals surface area contributed by atoms with Crippen molar-refractivity contribution < 1.29 is 17.4 Å². The Hall–Kier alpha value is -1.09. The van der Waals surface area contributed by atoms with Crippen LogP contribution in [0.4, 0.5) is 0 Å². The van der Waals surface area contributed by atoms with Crippen LogP contribution >= 0.6 is 35.6 Å². The highest BCUT2D eigenvalue weighted by Crippen LogP contribution is 2.31. The molecule has 2 rings (SSSR count). The van der Waals surface area contributed by atoms with Gasteiger partial charge in [0.15, 0.2) is 0 Å². The number of nitrogens with one attached hydrogen (secondary N) is 1. The quantitative estimate of drug-likeness (QED) is 0.512. The first-order chi connectivity index (χ1) is 9.24. The summed E-state index contributed by atoms with van der Waals surface area (Å²) in [6, 6.07) is 4.42. The minimum atomic E-state index is -3.68. The number of amides is 1. The molecule has 9 heteroatoms. The molecule has 0 bridgehead atoms. The molecule has 0 spiro atoms. The summed E-state index contributed by atoms with van der Waals surface area (Å²) in [5.74, 6) is -0.249. The van der Waals surface area contributed by atoms with E-state index < -0.39 is 10.1 Å². The molecule has 1 aliphatic rings. The van der Waals surface area contributed by atoms with Crippen LogP contribution in [0.1, 0.15) is 5.56 Å². The highest BCUT2D eigenvalue weighted by molar-refractivity contribution is 8.26. The third-order valence-corrected chi connectivity index (χ3v) is 4.02. The summed E-state index contributed by atoms with van der Waals surface area (Å²) in [5.41, 5.74) is 0.380. The highest BCUT2D eigenvalue weighted by atomic mass is 35.5. The van der Waals surface area contributed by atoms with E-state index in [1.807, 2.05) is 0 Å². The Bertz CT molecular complexity index is 727. The number of halogens is 1. The monoisotopic (exact) mass is 349 g/mol. The first-order valence-electron chi connectivity index (χ1n) is 5.18. The Morgan fingerprint density at radius 1 is 1.45 bits per heavy atom. The smallest absolute Gasteiger partial charge is 0.306 e. The maximum absolute atomic E-state index is 11.6. The van der Waals surface area contributed by atoms with Crippen LogP contribution in [-0.2, 0) is 14.9 Å². The predicted octanol–water partition coefficient (Wildman–Crippen LogP) is 2.17. The van der Waals surface area contributed by atoms with Crippen LogP contribution in [0.2, 0.25) is 5.02 Å². The Kier molecular flexibility index (Phi) is 4.38. The molecule has 1 fully saturated rings. The van der Waals surface area contributed by atoms with Crippen molar-refractivity contribution in [2.24, 2.45) is 0 Å². The van der Waals surface area contributed by atoms with E-state index >= 15 is 0 Å². The van der Waals surface area contributed by atoms with E-state index in [0.29, 0.717) is 19.8 Å². The standard InChI is InChI=1S/C11H8ClNO4S3/c1-20(15,16)17-8-3-2-7(12)4-6(8)5-9-10(14)13-11(18)19-9/h2-5H,1H3,(H,13,14,18). The number of carbonyl (C=O) groups is 1. The SMILES string of the molecule is CS(=O)(=O)Oc1ccc(Cl)cc1C=C1SC(=S)NC1=O. The van der Waals surface area contributed by atoms with E-state index in [9.17, 15) is 13.2 Å². The molecule has 1 aromatic rings. The molecule has 20 heavy (non-hydrogen) atoms. The van der Waals surface area contributed by atoms with Crippen LogP contribution < -0.4 is 9.50 Å². The van der Waals surface area contributed by atoms with Crippen LogP contribution in [0.15, 0.2) is 23.1 Å². The second-order valence-corrected chi connectivity index (χ2v) is 7.55. The van der Waals surface area contributed by atoms with Crippen molar-refractivity contribution in [1.29, 1.82) is 0 Å². The molecule has 1 aliphatic heterocycles. The average Bonchev–Trinajstić information content (AvgIpc) is 2.60. The fourth-order valence-electron chi connectivity index (χ4n) is 1.43. The molecule has 0 saturated carbocycles. The zero-order valence-electron chi connectivity index (χ0n) is 10.0. The topological polar surface area (TPSA) is 72.5 Å². The van der Waals surface area contributed by atoms with E-state index in [2.05, 4.69) is 5.32 Å². The van der Waals surface area contributed by atoms with Crippen molar-refractivity contribution in [3.05, 3.63) is 33.7 Å². The number of thioether (sulfide) groups is 1. The van der Waals surface area contributed by atoms with Gasteiger partial charge in [0.2, 0.25) is 0 Å². The van der Waals surface area contributed by atoms with Crippen LogP contribution in [0.25, 0.3) is 6.08 Å². The van der Waals surface area contributed by atoms with Crippen molar-refractivity contribution in [3.8, 4) is 5.75 Å². The molecule has 5 nitrogen and oxygen atoms in total. The van der Waals surface area contributed by atoms with Crippen LogP contribution in [0, 0.1) is 0 Å². The van der Waals surface area contributed by atoms with Gasteiger partial charge < -0.3 is 9.50 Å². The normalized spacial score (nSPS) is 17.4. The zero-order chi connectivity index (χ0) is 14.9. The third kappa shape index (κ3) is 3.95. The maximum atomic E-state index is 11.6. The van der Waals surface area contributed by atoms with Gasteiger partial charge >= 0.3 is 10.1 Å². The summed E-state index contributed by atoms with van der Waals surface area (Å²) in [5, 5.41) is 2.86. The lowest BCUT2D eigenvalue weighted by Crippen LogP contribution is -2.17. The molecule has 1 aromatic carbocycles. The fraction of sp³-hybridized carbons (Fsp3) is 0.0909. The van der Waals surface area contributed by atoms with Crippen LogP contribution in [0.5, 0.6) is 5.75 Å². The Balaban J connectivity index is 2.45. The Morgan fingerprint density at radius 3 is 2.70 bits per heavy atom. The molecule has 1 heterocycles. The van der Waals surface area contributed by atoms with E-state index in [0.717, 1.165) is 18.0 Å². The number of carbonyl (C=O) groups excluding carboxylic acids is 1. The second kappa shape index (κ2) is 5.72. The minimum Gasteiger partial charge on any atom is -0.382 e. The van der Waals surface area contributed by atoms with Gasteiger partial charge in [0.1, 0.15) is 10.1 Å². The number of rotatable bonds is 3. The Morgan fingerprint density at radius 2 is 2.15 bits per heavy atom. The molecule has 1 amide bonds. The van der Waals surface area contributed by atoms with Gasteiger partial charge in [0.05, 0.1) is 11.2 Å². The molecule has 0 atom stereocenters. The van der Waals surface area contributed by atoms with E-state index in [1.165, 1.54) is 24.3 Å². The fourth-order valence-corrected chi connectivity index (χ4v) is 3.13. The van der Waals surface area contributed by atoms with Crippen molar-refractivity contribution >= 4 is 62.0 Å². The lowest BCUT2D eigenvalue weighted by Gasteiger charge is -2.07. The van der Waals surface area contributed by atoms with Gasteiger partial charge in [-0.15, -0.1) is 0 Å². The van der Waals surface area contributed by atoms with Gasteiger partial charge in [-0.1, -0.05) is 35.6 Å². The van der Waals surface area contributed by atoms with Crippen molar-refractivity contribution in [2.75, 3.05) is 6.26 Å². The average molecular weight is 350 g/mol. The third-order valence-electron chi connectivity index (χ3n) is 2.14. The largest absolute Gasteiger partial charge is 0.382 e. The molecule has 0 aliphatic carbocycles. The van der Waals surface area contributed by atoms with Gasteiger partial charge in [-0.25, -0.2) is 0 Å². The van der Waals surface area contributed by atoms with Crippen molar-refractivity contribution in [1.82, 2.24) is 5.32 Å². The number of benzene rings is 1. The lowest BCUT2D eigenvalue weighted by molar-refractivity contribution is -0.115. The molecule has 1 N–H and O–H groups in total. The van der Waals surface area contributed by atoms with E-state index in [4.69, 9.17) is 28.0 Å². The lowest BCUT2D eigenvalue weighted by atomic mass is 10.2. The van der Waals surface area contributed by atoms with Crippen LogP contribution in [0.3, 0.4) is 0 Å². The zero-order valence-corrected chi connectivity index (χ0v) is 13.3. The van der Waals surface area contributed by atoms with Crippen molar-refractivity contribution in [3.63, 3.8) is 0 Å². The summed E-state index contributed by atoms with van der Waals surface area (Å²) in [6.45, 7) is 0. The molecule has 0 unspecified atom stereocenters. The summed E-state index contributed by atoms with van der Waals surface area (Å²) >= 11 is 11.8. The number of hydrogen-bond acceptors (Lipinski definition) is 6. The van der Waals surface area contributed by atoms with Crippen molar-refractivity contribution in [2.45, 2.75) is 0 Å². The Labute approximate surface area is 130 Å². The van der Waals surface area contributed by atoms with Gasteiger partial charge in [-0.2, -0.15) is 8.42 Å².